The smallest absolute Gasteiger partial charge is 0.339 e. The molecular weight excluding hydrogens is 258 g/mol. The Morgan fingerprint density at radius 2 is 2.17 bits per heavy atom. The first-order valence-electron chi connectivity index (χ1n) is 5.50. The topological polar surface area (TPSA) is 96.6 Å². The van der Waals surface area contributed by atoms with Gasteiger partial charge in [-0.05, 0) is 26.0 Å². The van der Waals surface area contributed by atoms with E-state index in [0.717, 1.165) is 0 Å². The minimum absolute atomic E-state index is 0.136. The Balaban J connectivity index is 2.36. The van der Waals surface area contributed by atoms with Gasteiger partial charge in [0.2, 0.25) is 0 Å². The van der Waals surface area contributed by atoms with Crippen molar-refractivity contribution in [3.8, 4) is 0 Å². The van der Waals surface area contributed by atoms with E-state index in [0.29, 0.717) is 31.0 Å². The number of carboxylic acids is 1. The van der Waals surface area contributed by atoms with E-state index in [1.54, 1.807) is 6.92 Å². The first kappa shape index (κ1) is 14.7. The summed E-state index contributed by atoms with van der Waals surface area (Å²) in [6.07, 6.45) is 1.71. The number of nitrogens with one attached hydrogen (secondary N) is 1. The summed E-state index contributed by atoms with van der Waals surface area (Å²) in [6.45, 7) is 2.52. The van der Waals surface area contributed by atoms with E-state index in [1.807, 2.05) is 0 Å². The highest BCUT2D eigenvalue weighted by atomic mass is 32.2. The molecule has 0 aliphatic carbocycles. The number of hydrogen-bond donors (Lipinski definition) is 2. The number of aromatic carboxylic acids is 1. The molecule has 1 aromatic heterocycles. The Morgan fingerprint density at radius 3 is 2.67 bits per heavy atom. The molecule has 1 heterocycles. The van der Waals surface area contributed by atoms with E-state index in [4.69, 9.17) is 9.52 Å². The van der Waals surface area contributed by atoms with Crippen LogP contribution in [0.5, 0.6) is 0 Å². The Kier molecular flexibility index (Phi) is 4.92. The van der Waals surface area contributed by atoms with Crippen LogP contribution in [0.25, 0.3) is 0 Å². The van der Waals surface area contributed by atoms with E-state index >= 15 is 0 Å². The third-order valence-corrected chi connectivity index (χ3v) is 3.40. The molecule has 6 nitrogen and oxygen atoms in total. The predicted molar refractivity (Wildman–Crippen MR) is 66.4 cm³/mol. The fourth-order valence-electron chi connectivity index (χ4n) is 1.51. The van der Waals surface area contributed by atoms with Gasteiger partial charge in [0.1, 0.15) is 26.9 Å². The summed E-state index contributed by atoms with van der Waals surface area (Å²) >= 11 is 0. The second kappa shape index (κ2) is 6.01. The van der Waals surface area contributed by atoms with Crippen molar-refractivity contribution in [2.45, 2.75) is 19.9 Å². The molecule has 0 aliphatic rings. The van der Waals surface area contributed by atoms with Crippen molar-refractivity contribution in [2.24, 2.45) is 0 Å². The Hall–Kier alpha value is -1.34. The number of carbonyl (C=O) groups is 1. The fourth-order valence-corrected chi connectivity index (χ4v) is 2.18. The van der Waals surface area contributed by atoms with Gasteiger partial charge >= 0.3 is 5.97 Å². The SMILES string of the molecule is Cc1oc(CNCCCS(C)(=O)=O)cc1C(=O)O. The number of furan rings is 1. The van der Waals surface area contributed by atoms with Crippen LogP contribution in [0.4, 0.5) is 0 Å². The lowest BCUT2D eigenvalue weighted by molar-refractivity contribution is 0.0695. The summed E-state index contributed by atoms with van der Waals surface area (Å²) < 4.78 is 27.0. The van der Waals surface area contributed by atoms with Crippen LogP contribution < -0.4 is 5.32 Å². The molecule has 7 heteroatoms. The fraction of sp³-hybridized carbons (Fsp3) is 0.545. The number of sulfone groups is 1. The van der Waals surface area contributed by atoms with Crippen molar-refractivity contribution in [1.82, 2.24) is 5.32 Å². The van der Waals surface area contributed by atoms with Crippen molar-refractivity contribution in [3.05, 3.63) is 23.2 Å². The standard InChI is InChI=1S/C11H17NO5S/c1-8-10(11(13)14)6-9(17-8)7-12-4-3-5-18(2,15)16/h6,12H,3-5,7H2,1-2H3,(H,13,14). The zero-order valence-electron chi connectivity index (χ0n) is 10.4. The molecule has 1 aromatic rings. The van der Waals surface area contributed by atoms with Gasteiger partial charge in [-0.25, -0.2) is 13.2 Å². The quantitative estimate of drug-likeness (QED) is 0.715. The molecule has 0 radical (unpaired) electrons. The van der Waals surface area contributed by atoms with Crippen LogP contribution in [0.3, 0.4) is 0 Å². The molecule has 1 rings (SSSR count). The van der Waals surface area contributed by atoms with E-state index in [1.165, 1.54) is 12.3 Å². The lowest BCUT2D eigenvalue weighted by Gasteiger charge is -2.01. The first-order valence-corrected chi connectivity index (χ1v) is 7.56. The van der Waals surface area contributed by atoms with Crippen LogP contribution in [0.15, 0.2) is 10.5 Å². The molecule has 0 fully saturated rings. The zero-order chi connectivity index (χ0) is 13.8. The van der Waals surface area contributed by atoms with Crippen molar-refractivity contribution >= 4 is 15.8 Å². The van der Waals surface area contributed by atoms with Crippen LogP contribution in [-0.2, 0) is 16.4 Å². The molecule has 0 saturated heterocycles. The summed E-state index contributed by atoms with van der Waals surface area (Å²) in [5, 5.41) is 11.8. The Bertz CT molecular complexity index is 518. The van der Waals surface area contributed by atoms with Crippen molar-refractivity contribution < 1.29 is 22.7 Å². The average molecular weight is 275 g/mol. The van der Waals surface area contributed by atoms with Crippen LogP contribution >= 0.6 is 0 Å². The normalized spacial score (nSPS) is 11.7. The second-order valence-electron chi connectivity index (χ2n) is 4.15. The van der Waals surface area contributed by atoms with Gasteiger partial charge in [0.15, 0.2) is 0 Å². The molecular formula is C11H17NO5S. The van der Waals surface area contributed by atoms with Crippen LogP contribution in [0.1, 0.15) is 28.3 Å². The molecule has 0 spiro atoms. The maximum absolute atomic E-state index is 10.9. The summed E-state index contributed by atoms with van der Waals surface area (Å²) in [5.41, 5.74) is 0.155. The number of carboxylic acid groups (broad SMARTS) is 1. The van der Waals surface area contributed by atoms with Gasteiger partial charge in [0.25, 0.3) is 0 Å². The van der Waals surface area contributed by atoms with Gasteiger partial charge in [-0.3, -0.25) is 0 Å². The number of hydrogen-bond acceptors (Lipinski definition) is 5. The Morgan fingerprint density at radius 1 is 1.50 bits per heavy atom. The van der Waals surface area contributed by atoms with Gasteiger partial charge in [0.05, 0.1) is 12.3 Å². The minimum atomic E-state index is -2.92. The van der Waals surface area contributed by atoms with Crippen LogP contribution in [0, 0.1) is 6.92 Å². The highest BCUT2D eigenvalue weighted by Crippen LogP contribution is 2.14. The van der Waals surface area contributed by atoms with Gasteiger partial charge in [0, 0.05) is 6.26 Å². The summed E-state index contributed by atoms with van der Waals surface area (Å²) in [5.74, 6) is 0.0247. The predicted octanol–water partition coefficient (Wildman–Crippen LogP) is 0.811. The molecule has 0 bridgehead atoms. The van der Waals surface area contributed by atoms with E-state index in [-0.39, 0.29) is 11.3 Å². The van der Waals surface area contributed by atoms with Gasteiger partial charge < -0.3 is 14.8 Å². The molecule has 0 amide bonds. The van der Waals surface area contributed by atoms with E-state index in [2.05, 4.69) is 5.32 Å². The maximum atomic E-state index is 10.9. The van der Waals surface area contributed by atoms with Gasteiger partial charge in [-0.15, -0.1) is 0 Å². The van der Waals surface area contributed by atoms with Gasteiger partial charge in [-0.2, -0.15) is 0 Å². The van der Waals surface area contributed by atoms with E-state index in [9.17, 15) is 13.2 Å². The highest BCUT2D eigenvalue weighted by molar-refractivity contribution is 7.90. The zero-order valence-corrected chi connectivity index (χ0v) is 11.2. The highest BCUT2D eigenvalue weighted by Gasteiger charge is 2.13. The summed E-state index contributed by atoms with van der Waals surface area (Å²) in [7, 11) is -2.92. The van der Waals surface area contributed by atoms with Crippen LogP contribution in [-0.4, -0.2) is 38.0 Å². The molecule has 18 heavy (non-hydrogen) atoms. The molecule has 0 saturated carbocycles. The second-order valence-corrected chi connectivity index (χ2v) is 6.41. The average Bonchev–Trinajstić information content (AvgIpc) is 2.57. The van der Waals surface area contributed by atoms with E-state index < -0.39 is 15.8 Å². The summed E-state index contributed by atoms with van der Waals surface area (Å²) in [4.78, 5) is 10.8. The molecule has 0 aromatic carbocycles. The third kappa shape index (κ3) is 4.89. The van der Waals surface area contributed by atoms with Gasteiger partial charge in [-0.1, -0.05) is 0 Å². The monoisotopic (exact) mass is 275 g/mol. The van der Waals surface area contributed by atoms with Crippen molar-refractivity contribution in [2.75, 3.05) is 18.6 Å². The Labute approximate surface area is 106 Å². The largest absolute Gasteiger partial charge is 0.478 e. The van der Waals surface area contributed by atoms with Crippen molar-refractivity contribution in [1.29, 1.82) is 0 Å². The summed E-state index contributed by atoms with van der Waals surface area (Å²) in [6, 6.07) is 1.47. The molecule has 0 atom stereocenters. The first-order chi connectivity index (χ1) is 8.29. The molecule has 0 aliphatic heterocycles. The molecule has 0 unspecified atom stereocenters. The molecule has 2 N–H and O–H groups in total. The lowest BCUT2D eigenvalue weighted by atomic mass is 10.2. The molecule has 102 valence electrons. The third-order valence-electron chi connectivity index (χ3n) is 2.37. The minimum Gasteiger partial charge on any atom is -0.478 e. The maximum Gasteiger partial charge on any atom is 0.339 e. The lowest BCUT2D eigenvalue weighted by Crippen LogP contribution is -2.17. The van der Waals surface area contributed by atoms with Crippen molar-refractivity contribution in [3.63, 3.8) is 0 Å². The number of aryl methyl sites for hydroxylation is 1. The number of rotatable bonds is 7. The van der Waals surface area contributed by atoms with Crippen LogP contribution in [0.2, 0.25) is 0 Å².